The number of nitrogens with two attached hydrogens (primary N) is 1. The van der Waals surface area contributed by atoms with Crippen LogP contribution in [-0.2, 0) is 30.0 Å². The van der Waals surface area contributed by atoms with Gasteiger partial charge in [0, 0.05) is 27.9 Å². The molecule has 246 valence electrons. The molecule has 3 atom stereocenters. The Bertz CT molecular complexity index is 1770. The Hall–Kier alpha value is -4.77. The summed E-state index contributed by atoms with van der Waals surface area (Å²) in [6.07, 6.45) is -4.73. The van der Waals surface area contributed by atoms with Gasteiger partial charge >= 0.3 is 18.1 Å². The van der Waals surface area contributed by atoms with Crippen LogP contribution in [0.15, 0.2) is 95.5 Å². The molecule has 47 heavy (non-hydrogen) atoms. The number of methoxy groups -OCH3 is 1. The molecule has 3 aromatic carbocycles. The van der Waals surface area contributed by atoms with Gasteiger partial charge < -0.3 is 19.9 Å². The number of hydrogen-bond acceptors (Lipinski definition) is 8. The number of anilines is 1. The van der Waals surface area contributed by atoms with Crippen molar-refractivity contribution in [2.24, 2.45) is 11.7 Å². The van der Waals surface area contributed by atoms with Gasteiger partial charge in [-0.05, 0) is 73.9 Å². The molecule has 0 radical (unpaired) electrons. The number of benzene rings is 3. The fourth-order valence-corrected chi connectivity index (χ4v) is 6.36. The van der Waals surface area contributed by atoms with Gasteiger partial charge in [-0.1, -0.05) is 41.9 Å². The van der Waals surface area contributed by atoms with Crippen molar-refractivity contribution < 1.29 is 41.8 Å². The summed E-state index contributed by atoms with van der Waals surface area (Å²) in [7, 11) is 1.48. The lowest BCUT2D eigenvalue weighted by Gasteiger charge is -2.44. The monoisotopic (exact) mass is 668 g/mol. The van der Waals surface area contributed by atoms with Crippen molar-refractivity contribution in [2.75, 3.05) is 25.2 Å². The minimum Gasteiger partial charge on any atom is -0.497 e. The first kappa shape index (κ1) is 33.6. The highest BCUT2D eigenvalue weighted by molar-refractivity contribution is 6.30. The highest BCUT2D eigenvalue weighted by Gasteiger charge is 2.51. The molecule has 1 aliphatic heterocycles. The number of halogens is 4. The van der Waals surface area contributed by atoms with Crippen molar-refractivity contribution in [3.8, 4) is 5.75 Å². The molecule has 0 amide bonds. The molecule has 2 N–H and O–H groups in total. The van der Waals surface area contributed by atoms with Crippen molar-refractivity contribution in [1.29, 1.82) is 0 Å². The molecule has 0 bridgehead atoms. The van der Waals surface area contributed by atoms with Gasteiger partial charge in [-0.2, -0.15) is 13.2 Å². The Morgan fingerprint density at radius 1 is 0.957 bits per heavy atom. The van der Waals surface area contributed by atoms with Crippen LogP contribution in [0.25, 0.3) is 0 Å². The molecule has 0 fully saturated rings. The van der Waals surface area contributed by atoms with Gasteiger partial charge in [0.1, 0.15) is 17.5 Å². The van der Waals surface area contributed by atoms with E-state index >= 15 is 0 Å². The van der Waals surface area contributed by atoms with E-state index in [4.69, 9.17) is 31.5 Å². The summed E-state index contributed by atoms with van der Waals surface area (Å²) in [6.45, 7) is 3.16. The van der Waals surface area contributed by atoms with Crippen LogP contribution in [0.2, 0.25) is 5.02 Å². The molecule has 8 nitrogen and oxygen atoms in total. The third-order valence-corrected chi connectivity index (χ3v) is 8.48. The number of ether oxygens (including phenoxy) is 3. The van der Waals surface area contributed by atoms with Crippen LogP contribution in [0.1, 0.15) is 48.8 Å². The molecule has 12 heteroatoms. The van der Waals surface area contributed by atoms with Crippen LogP contribution in [0.5, 0.6) is 5.75 Å². The summed E-state index contributed by atoms with van der Waals surface area (Å²) in [5.41, 5.74) is 6.85. The maximum Gasteiger partial charge on any atom is 0.416 e. The van der Waals surface area contributed by atoms with Gasteiger partial charge in [0.2, 0.25) is 0 Å². The predicted molar refractivity (Wildman–Crippen MR) is 168 cm³/mol. The fraction of sp³-hybridized carbons (Fsp3) is 0.286. The maximum absolute atomic E-state index is 14.9. The second-order valence-corrected chi connectivity index (χ2v) is 11.4. The molecule has 0 saturated carbocycles. The topological polar surface area (TPSA) is 108 Å². The first-order valence-corrected chi connectivity index (χ1v) is 15.3. The number of carbonyl (C=O) groups excluding carboxylic acids is 3. The molecule has 0 saturated heterocycles. The lowest BCUT2D eigenvalue weighted by Crippen LogP contribution is -2.46. The van der Waals surface area contributed by atoms with Crippen molar-refractivity contribution in [2.45, 2.75) is 38.3 Å². The molecule has 1 heterocycles. The Morgan fingerprint density at radius 2 is 1.64 bits per heavy atom. The molecule has 0 unspecified atom stereocenters. The van der Waals surface area contributed by atoms with E-state index in [1.807, 2.05) is 0 Å². The van der Waals surface area contributed by atoms with E-state index < -0.39 is 47.2 Å². The van der Waals surface area contributed by atoms with Crippen LogP contribution in [-0.4, -0.2) is 38.0 Å². The minimum absolute atomic E-state index is 0.00273. The van der Waals surface area contributed by atoms with Crippen molar-refractivity contribution in [3.63, 3.8) is 0 Å². The Morgan fingerprint density at radius 3 is 2.28 bits per heavy atom. The number of esters is 2. The summed E-state index contributed by atoms with van der Waals surface area (Å²) in [4.78, 5) is 43.5. The van der Waals surface area contributed by atoms with Gasteiger partial charge in [0.15, 0.2) is 5.78 Å². The normalized spacial score (nSPS) is 19.8. The van der Waals surface area contributed by atoms with E-state index in [0.717, 1.165) is 12.1 Å². The highest BCUT2D eigenvalue weighted by atomic mass is 35.5. The second kappa shape index (κ2) is 13.5. The fourth-order valence-electron chi connectivity index (χ4n) is 6.23. The van der Waals surface area contributed by atoms with E-state index in [-0.39, 0.29) is 48.0 Å². The van der Waals surface area contributed by atoms with Crippen molar-refractivity contribution in [1.82, 2.24) is 0 Å². The van der Waals surface area contributed by atoms with E-state index in [2.05, 4.69) is 0 Å². The maximum atomic E-state index is 14.9. The number of rotatable bonds is 8. The first-order chi connectivity index (χ1) is 22.4. The highest BCUT2D eigenvalue weighted by Crippen LogP contribution is 2.52. The molecular formula is C35H32ClF3N2O6. The number of allylic oxidation sites excluding steroid dienone is 2. The van der Waals surface area contributed by atoms with Gasteiger partial charge in [-0.25, -0.2) is 4.79 Å². The largest absolute Gasteiger partial charge is 0.497 e. The standard InChI is InChI=1S/C35H32ClF3N2O6/c1-4-46-33(43)28-25(20-8-6-11-24(16-20)45-3)18-26-29(31(28)42)27(19-12-14-22(36)15-13-19)30(34(44)47-5-2)32(40)41(26)23-10-7-9-21(17-23)35(37,38)39/h6-17,25,27-28H,4-5,18,40H2,1-3H3/t25-,27-,28-/m1/s1. The number of alkyl halides is 3. The quantitative estimate of drug-likeness (QED) is 0.204. The van der Waals surface area contributed by atoms with Crippen LogP contribution in [0, 0.1) is 5.92 Å². The summed E-state index contributed by atoms with van der Waals surface area (Å²) >= 11 is 6.18. The zero-order chi connectivity index (χ0) is 34.0. The Labute approximate surface area is 274 Å². The van der Waals surface area contributed by atoms with E-state index in [1.165, 1.54) is 24.1 Å². The van der Waals surface area contributed by atoms with Gasteiger partial charge in [-0.3, -0.25) is 14.5 Å². The Balaban J connectivity index is 1.84. The third kappa shape index (κ3) is 6.44. The first-order valence-electron chi connectivity index (χ1n) is 14.9. The Kier molecular flexibility index (Phi) is 9.67. The zero-order valence-corrected chi connectivity index (χ0v) is 26.5. The smallest absolute Gasteiger partial charge is 0.416 e. The molecule has 0 aromatic heterocycles. The molecular weight excluding hydrogens is 637 g/mol. The zero-order valence-electron chi connectivity index (χ0n) is 25.8. The number of ketones is 1. The van der Waals surface area contributed by atoms with Gasteiger partial charge in [-0.15, -0.1) is 0 Å². The van der Waals surface area contributed by atoms with Crippen molar-refractivity contribution in [3.05, 3.63) is 117 Å². The summed E-state index contributed by atoms with van der Waals surface area (Å²) in [5.74, 6) is -5.38. The van der Waals surface area contributed by atoms with Gasteiger partial charge in [0.05, 0.1) is 37.4 Å². The number of carbonyl (C=O) groups is 3. The molecule has 5 rings (SSSR count). The SMILES string of the molecule is CCOC(=O)C1=C(N)N(c2cccc(C(F)(F)F)c2)C2=C(C(=O)[C@H](C(=O)OCC)[C@@H](c3cccc(OC)c3)C2)[C@H]1c1ccc(Cl)cc1. The number of nitrogens with zero attached hydrogens (tertiary/aromatic N) is 1. The lowest BCUT2D eigenvalue weighted by molar-refractivity contribution is -0.152. The van der Waals surface area contributed by atoms with Crippen LogP contribution < -0.4 is 15.4 Å². The van der Waals surface area contributed by atoms with Crippen LogP contribution in [0.4, 0.5) is 18.9 Å². The molecule has 2 aliphatic rings. The average Bonchev–Trinajstić information content (AvgIpc) is 3.04. The second-order valence-electron chi connectivity index (χ2n) is 10.9. The predicted octanol–water partition coefficient (Wildman–Crippen LogP) is 6.89. The summed E-state index contributed by atoms with van der Waals surface area (Å²) in [5, 5.41) is 0.386. The molecule has 0 spiro atoms. The molecule has 3 aromatic rings. The van der Waals surface area contributed by atoms with E-state index in [1.54, 1.807) is 62.4 Å². The number of Topliss-reactive ketones (excluding diaryl/α,β-unsaturated/α-hetero) is 1. The third-order valence-electron chi connectivity index (χ3n) is 8.23. The number of hydrogen-bond donors (Lipinski definition) is 1. The van der Waals surface area contributed by atoms with E-state index in [9.17, 15) is 27.6 Å². The summed E-state index contributed by atoms with van der Waals surface area (Å²) < 4.78 is 58.0. The minimum atomic E-state index is -4.70. The average molecular weight is 669 g/mol. The van der Waals surface area contributed by atoms with Crippen LogP contribution in [0.3, 0.4) is 0 Å². The van der Waals surface area contributed by atoms with Crippen molar-refractivity contribution >= 4 is 35.0 Å². The van der Waals surface area contributed by atoms with Gasteiger partial charge in [0.25, 0.3) is 0 Å². The van der Waals surface area contributed by atoms with E-state index in [0.29, 0.717) is 21.9 Å². The lowest BCUT2D eigenvalue weighted by atomic mass is 9.67. The summed E-state index contributed by atoms with van der Waals surface area (Å²) in [6, 6.07) is 17.6. The molecule has 1 aliphatic carbocycles. The van der Waals surface area contributed by atoms with Crippen LogP contribution >= 0.6 is 11.6 Å².